The van der Waals surface area contributed by atoms with Gasteiger partial charge in [-0.2, -0.15) is 11.8 Å². The van der Waals surface area contributed by atoms with E-state index in [0.717, 1.165) is 17.9 Å². The van der Waals surface area contributed by atoms with Crippen molar-refractivity contribution in [1.82, 2.24) is 9.71 Å². The molecule has 0 bridgehead atoms. The van der Waals surface area contributed by atoms with E-state index in [1.165, 1.54) is 6.20 Å². The smallest absolute Gasteiger partial charge is 0.244 e. The average Bonchev–Trinajstić information content (AvgIpc) is 2.81. The summed E-state index contributed by atoms with van der Waals surface area (Å²) in [6.45, 7) is 0. The summed E-state index contributed by atoms with van der Waals surface area (Å²) in [5, 5.41) is 2.86. The predicted octanol–water partition coefficient (Wildman–Crippen LogP) is 0.907. The molecule has 94 valence electrons. The van der Waals surface area contributed by atoms with Crippen LogP contribution in [-0.4, -0.2) is 38.0 Å². The summed E-state index contributed by atoms with van der Waals surface area (Å²) in [5.74, 6) is 1.85. The number of rotatable bonds is 4. The van der Waals surface area contributed by atoms with Crippen molar-refractivity contribution >= 4 is 27.5 Å². The van der Waals surface area contributed by atoms with E-state index < -0.39 is 10.0 Å². The Morgan fingerprint density at radius 1 is 1.53 bits per heavy atom. The lowest BCUT2D eigenvalue weighted by Crippen LogP contribution is -2.35. The molecule has 0 amide bonds. The van der Waals surface area contributed by atoms with Crippen LogP contribution in [0, 0.1) is 0 Å². The van der Waals surface area contributed by atoms with Crippen molar-refractivity contribution < 1.29 is 8.42 Å². The summed E-state index contributed by atoms with van der Waals surface area (Å²) in [7, 11) is -1.78. The Morgan fingerprint density at radius 3 is 3.00 bits per heavy atom. The second kappa shape index (κ2) is 5.24. The molecular weight excluding hydrogens is 258 g/mol. The van der Waals surface area contributed by atoms with Gasteiger partial charge in [0.1, 0.15) is 4.90 Å². The van der Waals surface area contributed by atoms with Gasteiger partial charge in [-0.05, 0) is 18.2 Å². The molecule has 1 unspecified atom stereocenters. The van der Waals surface area contributed by atoms with Gasteiger partial charge in [0.2, 0.25) is 10.0 Å². The number of anilines is 1. The van der Waals surface area contributed by atoms with Crippen molar-refractivity contribution in [2.75, 3.05) is 23.9 Å². The van der Waals surface area contributed by atoms with Crippen LogP contribution in [0.4, 0.5) is 5.69 Å². The molecule has 1 fully saturated rings. The van der Waals surface area contributed by atoms with Crippen LogP contribution < -0.4 is 10.0 Å². The summed E-state index contributed by atoms with van der Waals surface area (Å²) in [4.78, 5) is 4.08. The Kier molecular flexibility index (Phi) is 3.90. The van der Waals surface area contributed by atoms with Crippen LogP contribution in [0.15, 0.2) is 23.4 Å². The lowest BCUT2D eigenvalue weighted by molar-refractivity contribution is 0.563. The molecule has 2 rings (SSSR count). The molecule has 1 atom stereocenters. The minimum absolute atomic E-state index is 0.0370. The van der Waals surface area contributed by atoms with E-state index in [9.17, 15) is 8.42 Å². The van der Waals surface area contributed by atoms with E-state index in [0.29, 0.717) is 5.69 Å². The zero-order valence-corrected chi connectivity index (χ0v) is 11.1. The van der Waals surface area contributed by atoms with E-state index in [4.69, 9.17) is 0 Å². The molecule has 0 radical (unpaired) electrons. The fraction of sp³-hybridized carbons (Fsp3) is 0.500. The molecule has 0 saturated carbocycles. The van der Waals surface area contributed by atoms with Crippen molar-refractivity contribution in [1.29, 1.82) is 0 Å². The van der Waals surface area contributed by atoms with Crippen molar-refractivity contribution in [3.8, 4) is 0 Å². The van der Waals surface area contributed by atoms with Crippen molar-refractivity contribution in [3.63, 3.8) is 0 Å². The van der Waals surface area contributed by atoms with Crippen LogP contribution in [0.3, 0.4) is 0 Å². The predicted molar refractivity (Wildman–Crippen MR) is 69.8 cm³/mol. The maximum Gasteiger partial charge on any atom is 0.244 e. The number of pyridine rings is 1. The molecule has 2 N–H and O–H groups in total. The summed E-state index contributed by atoms with van der Waals surface area (Å²) in [6.07, 6.45) is 3.82. The molecule has 17 heavy (non-hydrogen) atoms. The van der Waals surface area contributed by atoms with Crippen molar-refractivity contribution in [2.45, 2.75) is 17.4 Å². The normalized spacial score (nSPS) is 20.4. The monoisotopic (exact) mass is 273 g/mol. The molecule has 1 saturated heterocycles. The fourth-order valence-corrected chi connectivity index (χ4v) is 4.40. The quantitative estimate of drug-likeness (QED) is 0.853. The molecule has 5 nitrogen and oxygen atoms in total. The first-order valence-corrected chi connectivity index (χ1v) is 7.99. The molecule has 1 aliphatic heterocycles. The third kappa shape index (κ3) is 2.91. The molecule has 0 aromatic carbocycles. The van der Waals surface area contributed by atoms with Crippen LogP contribution in [0.5, 0.6) is 0 Å². The lowest BCUT2D eigenvalue weighted by Gasteiger charge is -2.14. The number of hydrogen-bond acceptors (Lipinski definition) is 5. The molecule has 0 aliphatic carbocycles. The topological polar surface area (TPSA) is 71.1 Å². The zero-order valence-electron chi connectivity index (χ0n) is 9.51. The number of thioether (sulfide) groups is 1. The van der Waals surface area contributed by atoms with E-state index in [1.807, 2.05) is 0 Å². The fourth-order valence-electron chi connectivity index (χ4n) is 1.71. The number of aromatic nitrogens is 1. The van der Waals surface area contributed by atoms with Gasteiger partial charge >= 0.3 is 0 Å². The van der Waals surface area contributed by atoms with Gasteiger partial charge in [-0.25, -0.2) is 13.1 Å². The summed E-state index contributed by atoms with van der Waals surface area (Å²) in [6, 6.07) is 1.69. The van der Waals surface area contributed by atoms with Gasteiger partial charge in [0.25, 0.3) is 0 Å². The highest BCUT2D eigenvalue weighted by atomic mass is 32.2. The number of hydrogen-bond donors (Lipinski definition) is 2. The number of nitrogens with one attached hydrogen (secondary N) is 2. The largest absolute Gasteiger partial charge is 0.387 e. The van der Waals surface area contributed by atoms with Gasteiger partial charge < -0.3 is 5.32 Å². The Labute approximate surface area is 105 Å². The second-order valence-electron chi connectivity index (χ2n) is 3.80. The Hall–Kier alpha value is -0.790. The van der Waals surface area contributed by atoms with Crippen molar-refractivity contribution in [3.05, 3.63) is 18.5 Å². The molecule has 1 aliphatic rings. The SMILES string of the molecule is CNc1ccncc1S(=O)(=O)NC1CCSC1. The van der Waals surface area contributed by atoms with E-state index in [-0.39, 0.29) is 10.9 Å². The van der Waals surface area contributed by atoms with Crippen LogP contribution in [0.1, 0.15) is 6.42 Å². The Bertz CT molecular complexity index is 484. The van der Waals surface area contributed by atoms with E-state index >= 15 is 0 Å². The van der Waals surface area contributed by atoms with Gasteiger partial charge in [-0.1, -0.05) is 0 Å². The van der Waals surface area contributed by atoms with Gasteiger partial charge in [-0.15, -0.1) is 0 Å². The standard InChI is InChI=1S/C10H15N3O2S2/c1-11-9-2-4-12-6-10(9)17(14,15)13-8-3-5-16-7-8/h2,4,6,8,13H,3,5,7H2,1H3,(H,11,12). The summed E-state index contributed by atoms with van der Waals surface area (Å²) in [5.41, 5.74) is 0.568. The van der Waals surface area contributed by atoms with Crippen LogP contribution in [0.2, 0.25) is 0 Å². The molecule has 7 heteroatoms. The highest BCUT2D eigenvalue weighted by molar-refractivity contribution is 7.99. The number of sulfonamides is 1. The average molecular weight is 273 g/mol. The molecule has 1 aromatic rings. The van der Waals surface area contributed by atoms with E-state index in [2.05, 4.69) is 15.0 Å². The minimum Gasteiger partial charge on any atom is -0.387 e. The van der Waals surface area contributed by atoms with E-state index in [1.54, 1.807) is 31.1 Å². The highest BCUT2D eigenvalue weighted by Crippen LogP contribution is 2.22. The zero-order chi connectivity index (χ0) is 12.3. The maximum absolute atomic E-state index is 12.2. The minimum atomic E-state index is -3.47. The maximum atomic E-state index is 12.2. The third-order valence-corrected chi connectivity index (χ3v) is 5.31. The van der Waals surface area contributed by atoms with Gasteiger partial charge in [0.05, 0.1) is 5.69 Å². The molecule has 2 heterocycles. The summed E-state index contributed by atoms with van der Waals surface area (Å²) >= 11 is 1.77. The van der Waals surface area contributed by atoms with Gasteiger partial charge in [0, 0.05) is 31.2 Å². The van der Waals surface area contributed by atoms with Crippen molar-refractivity contribution in [2.24, 2.45) is 0 Å². The lowest BCUT2D eigenvalue weighted by atomic mass is 10.3. The molecule has 1 aromatic heterocycles. The van der Waals surface area contributed by atoms with Gasteiger partial charge in [-0.3, -0.25) is 4.98 Å². The Morgan fingerprint density at radius 2 is 2.35 bits per heavy atom. The highest BCUT2D eigenvalue weighted by Gasteiger charge is 2.25. The Balaban J connectivity index is 2.24. The molecule has 0 spiro atoms. The van der Waals surface area contributed by atoms with Crippen LogP contribution >= 0.6 is 11.8 Å². The third-order valence-electron chi connectivity index (χ3n) is 2.59. The van der Waals surface area contributed by atoms with Gasteiger partial charge in [0.15, 0.2) is 0 Å². The van der Waals surface area contributed by atoms with Crippen LogP contribution in [0.25, 0.3) is 0 Å². The first kappa shape index (κ1) is 12.7. The number of nitrogens with zero attached hydrogens (tertiary/aromatic N) is 1. The summed E-state index contributed by atoms with van der Waals surface area (Å²) < 4.78 is 27.1. The first-order chi connectivity index (χ1) is 8.13. The second-order valence-corrected chi connectivity index (χ2v) is 6.64. The first-order valence-electron chi connectivity index (χ1n) is 5.35. The molecular formula is C10H15N3O2S2. The van der Waals surface area contributed by atoms with Crippen LogP contribution in [-0.2, 0) is 10.0 Å².